The predicted octanol–water partition coefficient (Wildman–Crippen LogP) is 2.94. The first-order valence-electron chi connectivity index (χ1n) is 10.6. The molecule has 9 nitrogen and oxygen atoms in total. The number of nitrogens with zero attached hydrogens (tertiary/aromatic N) is 6. The van der Waals surface area contributed by atoms with Crippen molar-refractivity contribution in [1.29, 1.82) is 0 Å². The van der Waals surface area contributed by atoms with Crippen LogP contribution in [0.5, 0.6) is 5.75 Å². The molecule has 164 valence electrons. The number of rotatable bonds is 5. The van der Waals surface area contributed by atoms with Crippen molar-refractivity contribution < 1.29 is 13.9 Å². The van der Waals surface area contributed by atoms with E-state index >= 15 is 0 Å². The van der Waals surface area contributed by atoms with E-state index < -0.39 is 0 Å². The van der Waals surface area contributed by atoms with Gasteiger partial charge in [-0.1, -0.05) is 6.92 Å². The Bertz CT molecular complexity index is 1220. The van der Waals surface area contributed by atoms with Gasteiger partial charge in [-0.05, 0) is 36.4 Å². The lowest BCUT2D eigenvalue weighted by molar-refractivity contribution is 0.0714. The van der Waals surface area contributed by atoms with Gasteiger partial charge in [-0.2, -0.15) is 5.10 Å². The second-order valence-corrected chi connectivity index (χ2v) is 7.57. The molecule has 1 aliphatic heterocycles. The van der Waals surface area contributed by atoms with E-state index in [1.54, 1.807) is 19.2 Å². The molecule has 0 N–H and O–H groups in total. The number of furan rings is 1. The Labute approximate surface area is 185 Å². The molecule has 0 spiro atoms. The van der Waals surface area contributed by atoms with Gasteiger partial charge in [-0.3, -0.25) is 4.79 Å². The largest absolute Gasteiger partial charge is 0.497 e. The summed E-state index contributed by atoms with van der Waals surface area (Å²) < 4.78 is 12.4. The lowest BCUT2D eigenvalue weighted by Gasteiger charge is -2.35. The maximum atomic E-state index is 12.6. The van der Waals surface area contributed by atoms with Gasteiger partial charge in [0.2, 0.25) is 0 Å². The molecule has 32 heavy (non-hydrogen) atoms. The van der Waals surface area contributed by atoms with Gasteiger partial charge < -0.3 is 19.0 Å². The third-order valence-electron chi connectivity index (χ3n) is 5.69. The molecule has 4 aromatic rings. The molecule has 0 bridgehead atoms. The number of carbonyl (C=O) groups is 1. The van der Waals surface area contributed by atoms with Crippen LogP contribution in [-0.4, -0.2) is 63.8 Å². The summed E-state index contributed by atoms with van der Waals surface area (Å²) in [7, 11) is 1.65. The van der Waals surface area contributed by atoms with Crippen molar-refractivity contribution in [2.45, 2.75) is 13.3 Å². The molecule has 1 saturated heterocycles. The standard InChI is InChI=1S/C23H24N6O3/c1-3-20-25-21(27-10-12-28(13-11-27)23(30)19-5-4-14-32-19)18-15-24-29(22(18)26-20)16-6-8-17(31-2)9-7-16/h4-9,14-15H,3,10-13H2,1-2H3. The summed E-state index contributed by atoms with van der Waals surface area (Å²) in [4.78, 5) is 26.2. The number of hydrogen-bond donors (Lipinski definition) is 0. The van der Waals surface area contributed by atoms with Crippen LogP contribution in [0, 0.1) is 0 Å². The molecule has 1 aromatic carbocycles. The van der Waals surface area contributed by atoms with E-state index in [9.17, 15) is 4.79 Å². The Morgan fingerprint density at radius 1 is 1.09 bits per heavy atom. The first kappa shape index (κ1) is 20.0. The van der Waals surface area contributed by atoms with Crippen molar-refractivity contribution in [3.8, 4) is 11.4 Å². The lowest BCUT2D eigenvalue weighted by Crippen LogP contribution is -2.49. The van der Waals surface area contributed by atoms with Gasteiger partial charge in [0.25, 0.3) is 5.91 Å². The van der Waals surface area contributed by atoms with Crippen LogP contribution in [-0.2, 0) is 6.42 Å². The molecule has 9 heteroatoms. The minimum atomic E-state index is -0.0796. The highest BCUT2D eigenvalue weighted by Crippen LogP contribution is 2.27. The zero-order valence-corrected chi connectivity index (χ0v) is 18.1. The topological polar surface area (TPSA) is 89.5 Å². The molecule has 5 rings (SSSR count). The molecule has 1 amide bonds. The fraction of sp³-hybridized carbons (Fsp3) is 0.304. The second-order valence-electron chi connectivity index (χ2n) is 7.57. The quantitative estimate of drug-likeness (QED) is 0.479. The van der Waals surface area contributed by atoms with Crippen molar-refractivity contribution in [2.24, 2.45) is 0 Å². The number of ether oxygens (including phenoxy) is 1. The molecule has 3 aromatic heterocycles. The Morgan fingerprint density at radius 3 is 2.53 bits per heavy atom. The Kier molecular flexibility index (Phi) is 5.22. The molecular formula is C23H24N6O3. The zero-order valence-electron chi connectivity index (χ0n) is 18.1. The first-order chi connectivity index (χ1) is 15.7. The van der Waals surface area contributed by atoms with E-state index in [4.69, 9.17) is 19.1 Å². The lowest BCUT2D eigenvalue weighted by atomic mass is 10.2. The third-order valence-corrected chi connectivity index (χ3v) is 5.69. The van der Waals surface area contributed by atoms with E-state index in [2.05, 4.69) is 10.00 Å². The van der Waals surface area contributed by atoms with Crippen LogP contribution in [0.25, 0.3) is 16.7 Å². The molecule has 0 atom stereocenters. The van der Waals surface area contributed by atoms with Gasteiger partial charge in [-0.25, -0.2) is 14.6 Å². The van der Waals surface area contributed by atoms with E-state index in [1.165, 1.54) is 6.26 Å². The highest BCUT2D eigenvalue weighted by molar-refractivity contribution is 5.92. The molecule has 4 heterocycles. The minimum Gasteiger partial charge on any atom is -0.497 e. The number of amides is 1. The van der Waals surface area contributed by atoms with Crippen molar-refractivity contribution in [2.75, 3.05) is 38.2 Å². The second kappa shape index (κ2) is 8.33. The van der Waals surface area contributed by atoms with Crippen LogP contribution >= 0.6 is 0 Å². The number of aromatic nitrogens is 4. The summed E-state index contributed by atoms with van der Waals surface area (Å²) in [5.74, 6) is 2.70. The van der Waals surface area contributed by atoms with Gasteiger partial charge in [0.1, 0.15) is 17.4 Å². The van der Waals surface area contributed by atoms with Crippen LogP contribution in [0.3, 0.4) is 0 Å². The summed E-state index contributed by atoms with van der Waals surface area (Å²) in [6, 6.07) is 11.1. The van der Waals surface area contributed by atoms with Gasteiger partial charge >= 0.3 is 0 Å². The first-order valence-corrected chi connectivity index (χ1v) is 10.6. The maximum absolute atomic E-state index is 12.6. The summed E-state index contributed by atoms with van der Waals surface area (Å²) in [6.07, 6.45) is 4.05. The summed E-state index contributed by atoms with van der Waals surface area (Å²) >= 11 is 0. The summed E-state index contributed by atoms with van der Waals surface area (Å²) in [5.41, 5.74) is 1.67. The summed E-state index contributed by atoms with van der Waals surface area (Å²) in [6.45, 7) is 4.59. The molecule has 0 aliphatic carbocycles. The maximum Gasteiger partial charge on any atom is 0.289 e. The number of carbonyl (C=O) groups excluding carboxylic acids is 1. The molecule has 1 fully saturated rings. The van der Waals surface area contributed by atoms with Gasteiger partial charge in [-0.15, -0.1) is 0 Å². The van der Waals surface area contributed by atoms with Crippen LogP contribution in [0.4, 0.5) is 5.82 Å². The number of piperazine rings is 1. The van der Waals surface area contributed by atoms with E-state index in [1.807, 2.05) is 47.0 Å². The van der Waals surface area contributed by atoms with E-state index in [0.29, 0.717) is 38.4 Å². The van der Waals surface area contributed by atoms with Crippen LogP contribution in [0.1, 0.15) is 23.3 Å². The highest BCUT2D eigenvalue weighted by atomic mass is 16.5. The van der Waals surface area contributed by atoms with E-state index in [0.717, 1.165) is 34.1 Å². The van der Waals surface area contributed by atoms with Crippen LogP contribution < -0.4 is 9.64 Å². The minimum absolute atomic E-state index is 0.0796. The van der Waals surface area contributed by atoms with Gasteiger partial charge in [0.15, 0.2) is 11.4 Å². The van der Waals surface area contributed by atoms with Crippen molar-refractivity contribution in [3.63, 3.8) is 0 Å². The van der Waals surface area contributed by atoms with Crippen LogP contribution in [0.2, 0.25) is 0 Å². The van der Waals surface area contributed by atoms with E-state index in [-0.39, 0.29) is 5.91 Å². The zero-order chi connectivity index (χ0) is 22.1. The van der Waals surface area contributed by atoms with Crippen molar-refractivity contribution in [3.05, 3.63) is 60.4 Å². The summed E-state index contributed by atoms with van der Waals surface area (Å²) in [5, 5.41) is 5.49. The van der Waals surface area contributed by atoms with Crippen molar-refractivity contribution >= 4 is 22.8 Å². The number of benzene rings is 1. The number of aryl methyl sites for hydroxylation is 1. The molecular weight excluding hydrogens is 408 g/mol. The highest BCUT2D eigenvalue weighted by Gasteiger charge is 2.26. The molecule has 1 aliphatic rings. The molecule has 0 saturated carbocycles. The monoisotopic (exact) mass is 432 g/mol. The fourth-order valence-corrected chi connectivity index (χ4v) is 3.93. The Balaban J connectivity index is 1.44. The third kappa shape index (κ3) is 3.55. The normalized spacial score (nSPS) is 14.2. The van der Waals surface area contributed by atoms with Gasteiger partial charge in [0, 0.05) is 32.6 Å². The average Bonchev–Trinajstić information content (AvgIpc) is 3.53. The van der Waals surface area contributed by atoms with Gasteiger partial charge in [0.05, 0.1) is 30.6 Å². The van der Waals surface area contributed by atoms with Crippen LogP contribution in [0.15, 0.2) is 53.3 Å². The predicted molar refractivity (Wildman–Crippen MR) is 119 cm³/mol. The Hall–Kier alpha value is -3.88. The molecule has 0 unspecified atom stereocenters. The molecule has 0 radical (unpaired) electrons. The Morgan fingerprint density at radius 2 is 1.88 bits per heavy atom. The SMILES string of the molecule is CCc1nc(N2CCN(C(=O)c3ccco3)CC2)c2cnn(-c3ccc(OC)cc3)c2n1. The van der Waals surface area contributed by atoms with Crippen molar-refractivity contribution in [1.82, 2.24) is 24.6 Å². The average molecular weight is 432 g/mol. The number of fused-ring (bicyclic) bond motifs is 1. The smallest absolute Gasteiger partial charge is 0.289 e. The number of hydrogen-bond acceptors (Lipinski definition) is 7. The fourth-order valence-electron chi connectivity index (χ4n) is 3.93. The number of methoxy groups -OCH3 is 1. The number of anilines is 1.